The molecule has 122 valence electrons. The van der Waals surface area contributed by atoms with Gasteiger partial charge in [-0.15, -0.1) is 0 Å². The van der Waals surface area contributed by atoms with Gasteiger partial charge in [-0.2, -0.15) is 0 Å². The second-order valence-corrected chi connectivity index (χ2v) is 7.47. The summed E-state index contributed by atoms with van der Waals surface area (Å²) in [6.45, 7) is 7.79. The minimum Gasteiger partial charge on any atom is -0.376 e. The molecular weight excluding hydrogens is 264 g/mol. The predicted molar refractivity (Wildman–Crippen MR) is 84.9 cm³/mol. The van der Waals surface area contributed by atoms with Crippen LogP contribution in [0.25, 0.3) is 0 Å². The lowest BCUT2D eigenvalue weighted by Crippen LogP contribution is -2.51. The van der Waals surface area contributed by atoms with Crippen molar-refractivity contribution >= 4 is 5.91 Å². The lowest BCUT2D eigenvalue weighted by Gasteiger charge is -2.46. The Balaban J connectivity index is 1.74. The van der Waals surface area contributed by atoms with Gasteiger partial charge in [-0.3, -0.25) is 4.79 Å². The highest BCUT2D eigenvalue weighted by atomic mass is 16.5. The topological polar surface area (TPSA) is 64.4 Å². The summed E-state index contributed by atoms with van der Waals surface area (Å²) < 4.78 is 5.80. The number of nitrogens with one attached hydrogen (secondary N) is 1. The van der Waals surface area contributed by atoms with Crippen molar-refractivity contribution in [1.82, 2.24) is 5.32 Å². The third-order valence-electron chi connectivity index (χ3n) is 5.88. The fourth-order valence-corrected chi connectivity index (χ4v) is 3.90. The summed E-state index contributed by atoms with van der Waals surface area (Å²) >= 11 is 0. The van der Waals surface area contributed by atoms with Gasteiger partial charge in [0.05, 0.1) is 12.7 Å². The summed E-state index contributed by atoms with van der Waals surface area (Å²) in [6, 6.07) is 0.217. The molecule has 2 fully saturated rings. The van der Waals surface area contributed by atoms with Crippen LogP contribution in [0.4, 0.5) is 0 Å². The minimum absolute atomic E-state index is 0.0337. The van der Waals surface area contributed by atoms with E-state index < -0.39 is 0 Å². The van der Waals surface area contributed by atoms with Gasteiger partial charge in [0.2, 0.25) is 5.91 Å². The van der Waals surface area contributed by atoms with Crippen molar-refractivity contribution < 1.29 is 9.53 Å². The van der Waals surface area contributed by atoms with Crippen molar-refractivity contribution in [2.24, 2.45) is 23.0 Å². The van der Waals surface area contributed by atoms with Crippen molar-refractivity contribution in [3.8, 4) is 0 Å². The molecule has 0 bridgehead atoms. The zero-order valence-corrected chi connectivity index (χ0v) is 13.9. The molecule has 0 aliphatic heterocycles. The van der Waals surface area contributed by atoms with Crippen molar-refractivity contribution in [2.45, 2.75) is 71.4 Å². The van der Waals surface area contributed by atoms with Crippen LogP contribution in [0, 0.1) is 17.3 Å². The number of ether oxygens (including phenoxy) is 1. The van der Waals surface area contributed by atoms with Crippen molar-refractivity contribution in [3.05, 3.63) is 0 Å². The van der Waals surface area contributed by atoms with Gasteiger partial charge >= 0.3 is 0 Å². The van der Waals surface area contributed by atoms with E-state index in [-0.39, 0.29) is 23.3 Å². The second-order valence-electron chi connectivity index (χ2n) is 7.47. The van der Waals surface area contributed by atoms with E-state index >= 15 is 0 Å². The molecule has 3 unspecified atom stereocenters. The maximum atomic E-state index is 12.5. The normalized spacial score (nSPS) is 33.0. The van der Waals surface area contributed by atoms with Crippen molar-refractivity contribution in [2.75, 3.05) is 13.2 Å². The van der Waals surface area contributed by atoms with Gasteiger partial charge in [0.15, 0.2) is 0 Å². The van der Waals surface area contributed by atoms with Crippen molar-refractivity contribution in [3.63, 3.8) is 0 Å². The molecule has 0 saturated heterocycles. The SMILES string of the molecule is CC1C(N)CCC(C(=O)NCCOC2CCCC2)C1(C)C. The van der Waals surface area contributed by atoms with E-state index in [0.29, 0.717) is 25.2 Å². The number of amides is 1. The van der Waals surface area contributed by atoms with Crippen LogP contribution >= 0.6 is 0 Å². The molecule has 2 aliphatic rings. The highest BCUT2D eigenvalue weighted by molar-refractivity contribution is 5.79. The largest absolute Gasteiger partial charge is 0.376 e. The Morgan fingerprint density at radius 1 is 1.24 bits per heavy atom. The molecule has 2 rings (SSSR count). The number of carbonyl (C=O) groups excluding carboxylic acids is 1. The Morgan fingerprint density at radius 3 is 2.57 bits per heavy atom. The van der Waals surface area contributed by atoms with Crippen LogP contribution in [0.1, 0.15) is 59.3 Å². The summed E-state index contributed by atoms with van der Waals surface area (Å²) in [7, 11) is 0. The summed E-state index contributed by atoms with van der Waals surface area (Å²) in [6.07, 6.45) is 7.19. The molecule has 0 spiro atoms. The first-order valence-electron chi connectivity index (χ1n) is 8.58. The first-order chi connectivity index (χ1) is 9.93. The molecule has 21 heavy (non-hydrogen) atoms. The average Bonchev–Trinajstić information content (AvgIpc) is 2.94. The van der Waals surface area contributed by atoms with Crippen LogP contribution in [-0.2, 0) is 9.53 Å². The molecule has 0 aromatic rings. The zero-order valence-electron chi connectivity index (χ0n) is 13.9. The number of hydrogen-bond donors (Lipinski definition) is 2. The van der Waals surface area contributed by atoms with Gasteiger partial charge in [0.1, 0.15) is 0 Å². The maximum absolute atomic E-state index is 12.5. The first kappa shape index (κ1) is 16.8. The first-order valence-corrected chi connectivity index (χ1v) is 8.58. The Bertz CT molecular complexity index is 351. The van der Waals surface area contributed by atoms with Gasteiger partial charge in [-0.1, -0.05) is 33.6 Å². The highest BCUT2D eigenvalue weighted by Crippen LogP contribution is 2.44. The Hall–Kier alpha value is -0.610. The van der Waals surface area contributed by atoms with Crippen molar-refractivity contribution in [1.29, 1.82) is 0 Å². The number of hydrogen-bond acceptors (Lipinski definition) is 3. The van der Waals surface area contributed by atoms with Crippen LogP contribution in [0.5, 0.6) is 0 Å². The summed E-state index contributed by atoms with van der Waals surface area (Å²) in [5.74, 6) is 0.615. The van der Waals surface area contributed by atoms with E-state index in [2.05, 4.69) is 26.1 Å². The fourth-order valence-electron chi connectivity index (χ4n) is 3.90. The Kier molecular flexibility index (Phi) is 5.67. The third kappa shape index (κ3) is 3.98. The Morgan fingerprint density at radius 2 is 1.90 bits per heavy atom. The highest BCUT2D eigenvalue weighted by Gasteiger charge is 2.44. The molecule has 3 N–H and O–H groups in total. The van der Waals surface area contributed by atoms with Crippen LogP contribution in [-0.4, -0.2) is 31.2 Å². The standard InChI is InChI=1S/C17H32N2O2/c1-12-15(18)9-8-14(17(12,2)3)16(20)19-10-11-21-13-6-4-5-7-13/h12-15H,4-11,18H2,1-3H3,(H,19,20). The van der Waals surface area contributed by atoms with E-state index in [9.17, 15) is 4.79 Å². The molecule has 4 heteroatoms. The lowest BCUT2D eigenvalue weighted by atomic mass is 9.61. The third-order valence-corrected chi connectivity index (χ3v) is 5.88. The minimum atomic E-state index is -0.0337. The van der Waals surface area contributed by atoms with Gasteiger partial charge in [0.25, 0.3) is 0 Å². The molecule has 0 aromatic heterocycles. The number of nitrogens with two attached hydrogens (primary N) is 1. The maximum Gasteiger partial charge on any atom is 0.223 e. The quantitative estimate of drug-likeness (QED) is 0.766. The molecule has 4 nitrogen and oxygen atoms in total. The van der Waals surface area contributed by atoms with E-state index in [4.69, 9.17) is 10.5 Å². The molecule has 2 saturated carbocycles. The lowest BCUT2D eigenvalue weighted by molar-refractivity contribution is -0.132. The second kappa shape index (κ2) is 7.10. The van der Waals surface area contributed by atoms with Crippen LogP contribution in [0.3, 0.4) is 0 Å². The van der Waals surface area contributed by atoms with E-state index in [1.54, 1.807) is 0 Å². The summed E-state index contributed by atoms with van der Waals surface area (Å²) in [4.78, 5) is 12.5. The predicted octanol–water partition coefficient (Wildman–Crippen LogP) is 2.46. The van der Waals surface area contributed by atoms with Crippen LogP contribution in [0.15, 0.2) is 0 Å². The number of carbonyl (C=O) groups is 1. The molecule has 0 aromatic carbocycles. The molecule has 0 heterocycles. The van der Waals surface area contributed by atoms with E-state index in [1.807, 2.05) is 0 Å². The molecule has 1 amide bonds. The molecule has 0 radical (unpaired) electrons. The Labute approximate surface area is 129 Å². The van der Waals surface area contributed by atoms with Crippen LogP contribution < -0.4 is 11.1 Å². The smallest absolute Gasteiger partial charge is 0.223 e. The number of rotatable bonds is 5. The van der Waals surface area contributed by atoms with E-state index in [1.165, 1.54) is 25.7 Å². The van der Waals surface area contributed by atoms with Gasteiger partial charge in [0, 0.05) is 18.5 Å². The van der Waals surface area contributed by atoms with Gasteiger partial charge in [-0.25, -0.2) is 0 Å². The summed E-state index contributed by atoms with van der Waals surface area (Å²) in [5, 5.41) is 3.06. The monoisotopic (exact) mass is 296 g/mol. The molecule has 3 atom stereocenters. The van der Waals surface area contributed by atoms with E-state index in [0.717, 1.165) is 12.8 Å². The van der Waals surface area contributed by atoms with Gasteiger partial charge < -0.3 is 15.8 Å². The zero-order chi connectivity index (χ0) is 15.5. The average molecular weight is 296 g/mol. The van der Waals surface area contributed by atoms with Crippen LogP contribution in [0.2, 0.25) is 0 Å². The fraction of sp³-hybridized carbons (Fsp3) is 0.941. The van der Waals surface area contributed by atoms with Gasteiger partial charge in [-0.05, 0) is 37.0 Å². The molecule has 2 aliphatic carbocycles. The summed E-state index contributed by atoms with van der Waals surface area (Å²) in [5.41, 5.74) is 6.12. The molecular formula is C17H32N2O2.